The van der Waals surface area contributed by atoms with E-state index >= 15 is 0 Å². The molecule has 2 aromatic rings. The Morgan fingerprint density at radius 3 is 2.48 bits per heavy atom. The second kappa shape index (κ2) is 10.9. The zero-order chi connectivity index (χ0) is 21.3. The molecule has 2 N–H and O–H groups in total. The first-order valence-corrected chi connectivity index (χ1v) is 10.1. The number of aromatic nitrogens is 1. The number of ether oxygens (including phenoxy) is 2. The standard InChI is InChI=1S/C22H31ClN4O2/c1-6-24-21(25-12-11-16-7-10-20(23)26-14-16)27-15-22(2,3)17-8-9-18(28-4)19(13-17)29-5/h7-10,13-14H,6,11-12,15H2,1-5H3,(H2,24,25,27). The number of aliphatic imine (C=N–C) groups is 1. The molecular formula is C22H31ClN4O2. The number of guanidine groups is 1. The van der Waals surface area contributed by atoms with Crippen molar-refractivity contribution in [3.05, 3.63) is 52.8 Å². The zero-order valence-corrected chi connectivity index (χ0v) is 18.6. The highest BCUT2D eigenvalue weighted by atomic mass is 35.5. The van der Waals surface area contributed by atoms with Crippen LogP contribution in [0.1, 0.15) is 31.9 Å². The van der Waals surface area contributed by atoms with Gasteiger partial charge < -0.3 is 20.1 Å². The van der Waals surface area contributed by atoms with Crippen molar-refractivity contribution in [3.8, 4) is 11.5 Å². The first kappa shape index (κ1) is 22.8. The third kappa shape index (κ3) is 6.82. The number of hydrogen-bond donors (Lipinski definition) is 2. The Balaban J connectivity index is 2.02. The molecule has 1 aromatic heterocycles. The SMILES string of the molecule is CCNC(=NCC(C)(C)c1ccc(OC)c(OC)c1)NCCc1ccc(Cl)nc1. The molecule has 6 nitrogen and oxygen atoms in total. The molecule has 0 saturated heterocycles. The van der Waals surface area contributed by atoms with E-state index in [4.69, 9.17) is 26.1 Å². The van der Waals surface area contributed by atoms with Crippen molar-refractivity contribution in [1.82, 2.24) is 15.6 Å². The van der Waals surface area contributed by atoms with Gasteiger partial charge in [-0.3, -0.25) is 4.99 Å². The first-order valence-electron chi connectivity index (χ1n) is 9.74. The van der Waals surface area contributed by atoms with Gasteiger partial charge >= 0.3 is 0 Å². The number of hydrogen-bond acceptors (Lipinski definition) is 4. The summed E-state index contributed by atoms with van der Waals surface area (Å²) in [5.41, 5.74) is 2.10. The largest absolute Gasteiger partial charge is 0.493 e. The quantitative estimate of drug-likeness (QED) is 0.368. The van der Waals surface area contributed by atoms with Crippen LogP contribution in [0.15, 0.2) is 41.5 Å². The fourth-order valence-corrected chi connectivity index (χ4v) is 2.96. The predicted molar refractivity (Wildman–Crippen MR) is 120 cm³/mol. The lowest BCUT2D eigenvalue weighted by Crippen LogP contribution is -2.39. The van der Waals surface area contributed by atoms with Gasteiger partial charge in [-0.2, -0.15) is 0 Å². The van der Waals surface area contributed by atoms with Crippen LogP contribution in [0, 0.1) is 0 Å². The highest BCUT2D eigenvalue weighted by Crippen LogP contribution is 2.33. The minimum atomic E-state index is -0.165. The fraction of sp³-hybridized carbons (Fsp3) is 0.455. The molecule has 0 radical (unpaired) electrons. The second-order valence-corrected chi connectivity index (χ2v) is 7.70. The monoisotopic (exact) mass is 418 g/mol. The maximum Gasteiger partial charge on any atom is 0.191 e. The van der Waals surface area contributed by atoms with Crippen LogP contribution in [-0.4, -0.2) is 44.8 Å². The summed E-state index contributed by atoms with van der Waals surface area (Å²) in [4.78, 5) is 8.90. The summed E-state index contributed by atoms with van der Waals surface area (Å²) in [5, 5.41) is 7.19. The van der Waals surface area contributed by atoms with Gasteiger partial charge in [0.2, 0.25) is 0 Å². The molecule has 1 heterocycles. The molecule has 0 fully saturated rings. The van der Waals surface area contributed by atoms with Crippen LogP contribution in [0.3, 0.4) is 0 Å². The van der Waals surface area contributed by atoms with E-state index in [-0.39, 0.29) is 5.41 Å². The summed E-state index contributed by atoms with van der Waals surface area (Å²) in [7, 11) is 3.29. The third-order valence-electron chi connectivity index (χ3n) is 4.64. The van der Waals surface area contributed by atoms with Crippen molar-refractivity contribution < 1.29 is 9.47 Å². The number of methoxy groups -OCH3 is 2. The third-order valence-corrected chi connectivity index (χ3v) is 4.86. The number of nitrogens with one attached hydrogen (secondary N) is 2. The lowest BCUT2D eigenvalue weighted by Gasteiger charge is -2.25. The van der Waals surface area contributed by atoms with Gasteiger partial charge in [-0.1, -0.05) is 37.6 Å². The molecule has 7 heteroatoms. The van der Waals surface area contributed by atoms with Crippen molar-refractivity contribution in [2.24, 2.45) is 4.99 Å². The van der Waals surface area contributed by atoms with E-state index in [1.54, 1.807) is 20.4 Å². The number of pyridine rings is 1. The molecule has 2 rings (SSSR count). The van der Waals surface area contributed by atoms with Gasteiger partial charge in [0.15, 0.2) is 17.5 Å². The van der Waals surface area contributed by atoms with Crippen LogP contribution in [0.4, 0.5) is 0 Å². The maximum atomic E-state index is 5.84. The maximum absolute atomic E-state index is 5.84. The number of halogens is 1. The van der Waals surface area contributed by atoms with Gasteiger partial charge in [0.05, 0.1) is 20.8 Å². The van der Waals surface area contributed by atoms with Gasteiger partial charge in [0, 0.05) is 24.7 Å². The highest BCUT2D eigenvalue weighted by molar-refractivity contribution is 6.29. The van der Waals surface area contributed by atoms with Gasteiger partial charge in [-0.05, 0) is 42.7 Å². The Bertz CT molecular complexity index is 807. The molecular weight excluding hydrogens is 388 g/mol. The highest BCUT2D eigenvalue weighted by Gasteiger charge is 2.22. The van der Waals surface area contributed by atoms with Crippen LogP contribution in [0.5, 0.6) is 11.5 Å². The molecule has 0 atom stereocenters. The lowest BCUT2D eigenvalue weighted by atomic mass is 9.84. The summed E-state index contributed by atoms with van der Waals surface area (Å²) in [6.45, 7) is 8.57. The average Bonchev–Trinajstić information content (AvgIpc) is 2.72. The molecule has 1 aromatic carbocycles. The molecule has 0 amide bonds. The Morgan fingerprint density at radius 1 is 1.10 bits per heavy atom. The summed E-state index contributed by atoms with van der Waals surface area (Å²) in [6.07, 6.45) is 2.64. The topological polar surface area (TPSA) is 67.8 Å². The molecule has 0 unspecified atom stereocenters. The van der Waals surface area contributed by atoms with E-state index in [2.05, 4.69) is 42.5 Å². The summed E-state index contributed by atoms with van der Waals surface area (Å²) < 4.78 is 10.8. The molecule has 0 spiro atoms. The van der Waals surface area contributed by atoms with E-state index in [1.165, 1.54) is 0 Å². The Hall–Kier alpha value is -2.47. The minimum absolute atomic E-state index is 0.165. The smallest absolute Gasteiger partial charge is 0.191 e. The Kier molecular flexibility index (Phi) is 8.58. The molecule has 0 saturated carbocycles. The summed E-state index contributed by atoms with van der Waals surface area (Å²) in [5.74, 6) is 2.24. The first-order chi connectivity index (χ1) is 13.9. The zero-order valence-electron chi connectivity index (χ0n) is 17.9. The van der Waals surface area contributed by atoms with E-state index in [0.29, 0.717) is 11.7 Å². The van der Waals surface area contributed by atoms with Gasteiger partial charge in [-0.15, -0.1) is 0 Å². The van der Waals surface area contributed by atoms with Gasteiger partial charge in [0.1, 0.15) is 5.15 Å². The van der Waals surface area contributed by atoms with Crippen LogP contribution >= 0.6 is 11.6 Å². The Morgan fingerprint density at radius 2 is 1.86 bits per heavy atom. The van der Waals surface area contributed by atoms with E-state index in [0.717, 1.165) is 48.1 Å². The van der Waals surface area contributed by atoms with E-state index in [1.807, 2.05) is 24.3 Å². The lowest BCUT2D eigenvalue weighted by molar-refractivity contribution is 0.353. The van der Waals surface area contributed by atoms with E-state index < -0.39 is 0 Å². The second-order valence-electron chi connectivity index (χ2n) is 7.31. The average molecular weight is 419 g/mol. The number of nitrogens with zero attached hydrogens (tertiary/aromatic N) is 2. The van der Waals surface area contributed by atoms with Crippen molar-refractivity contribution in [2.75, 3.05) is 33.9 Å². The van der Waals surface area contributed by atoms with Crippen LogP contribution < -0.4 is 20.1 Å². The molecule has 0 aliphatic rings. The minimum Gasteiger partial charge on any atom is -0.493 e. The number of benzene rings is 1. The molecule has 0 aliphatic heterocycles. The van der Waals surface area contributed by atoms with Gasteiger partial charge in [0.25, 0.3) is 0 Å². The molecule has 0 bridgehead atoms. The van der Waals surface area contributed by atoms with Crippen LogP contribution in [0.25, 0.3) is 0 Å². The molecule has 158 valence electrons. The fourth-order valence-electron chi connectivity index (χ4n) is 2.85. The molecule has 0 aliphatic carbocycles. The summed E-state index contributed by atoms with van der Waals surface area (Å²) in [6, 6.07) is 9.80. The van der Waals surface area contributed by atoms with Crippen molar-refractivity contribution >= 4 is 17.6 Å². The molecule has 29 heavy (non-hydrogen) atoms. The summed E-state index contributed by atoms with van der Waals surface area (Å²) >= 11 is 5.84. The van der Waals surface area contributed by atoms with Crippen LogP contribution in [-0.2, 0) is 11.8 Å². The van der Waals surface area contributed by atoms with Crippen molar-refractivity contribution in [1.29, 1.82) is 0 Å². The van der Waals surface area contributed by atoms with Crippen molar-refractivity contribution in [3.63, 3.8) is 0 Å². The normalized spacial score (nSPS) is 11.9. The van der Waals surface area contributed by atoms with Crippen LogP contribution in [0.2, 0.25) is 5.15 Å². The van der Waals surface area contributed by atoms with E-state index in [9.17, 15) is 0 Å². The number of rotatable bonds is 9. The Labute approximate surface area is 178 Å². The predicted octanol–water partition coefficient (Wildman–Crippen LogP) is 3.83. The van der Waals surface area contributed by atoms with Crippen molar-refractivity contribution in [2.45, 2.75) is 32.6 Å². The van der Waals surface area contributed by atoms with Gasteiger partial charge in [-0.25, -0.2) is 4.98 Å².